The van der Waals surface area contributed by atoms with Crippen molar-refractivity contribution in [3.05, 3.63) is 22.7 Å². The van der Waals surface area contributed by atoms with Gasteiger partial charge in [-0.1, -0.05) is 11.6 Å². The monoisotopic (exact) mass is 215 g/mol. The minimum Gasteiger partial charge on any atom is -0.476 e. The van der Waals surface area contributed by atoms with Crippen LogP contribution in [0, 0.1) is 0 Å². The van der Waals surface area contributed by atoms with Crippen LogP contribution >= 0.6 is 11.6 Å². The molecule has 7 heteroatoms. The van der Waals surface area contributed by atoms with Crippen molar-refractivity contribution in [3.8, 4) is 0 Å². The molecule has 1 aromatic heterocycles. The lowest BCUT2D eigenvalue weighted by atomic mass is 10.3. The third-order valence-electron chi connectivity index (χ3n) is 1.33. The number of rotatable bonds is 3. The second-order valence-corrected chi connectivity index (χ2v) is 2.84. The van der Waals surface area contributed by atoms with Gasteiger partial charge in [-0.2, -0.15) is 0 Å². The molecular weight excluding hydrogens is 210 g/mol. The number of amides is 1. The van der Waals surface area contributed by atoms with Gasteiger partial charge in [-0.3, -0.25) is 4.79 Å². The molecule has 0 aliphatic heterocycles. The van der Waals surface area contributed by atoms with Crippen LogP contribution in [0.1, 0.15) is 16.3 Å². The Hall–Kier alpha value is -1.69. The smallest absolute Gasteiger partial charge is 0.356 e. The van der Waals surface area contributed by atoms with Crippen molar-refractivity contribution < 1.29 is 14.7 Å². The van der Waals surface area contributed by atoms with E-state index in [1.165, 1.54) is 0 Å². The number of primary amides is 1. The molecule has 0 bridgehead atoms. The topological polar surface area (TPSA) is 106 Å². The molecule has 3 N–H and O–H groups in total. The van der Waals surface area contributed by atoms with Gasteiger partial charge < -0.3 is 10.8 Å². The predicted octanol–water partition coefficient (Wildman–Crippen LogP) is -0.144. The van der Waals surface area contributed by atoms with Crippen molar-refractivity contribution in [3.63, 3.8) is 0 Å². The van der Waals surface area contributed by atoms with Crippen LogP contribution in [0.25, 0.3) is 0 Å². The maximum atomic E-state index is 10.6. The van der Waals surface area contributed by atoms with Crippen molar-refractivity contribution in [2.24, 2.45) is 5.73 Å². The first kappa shape index (κ1) is 10.4. The SMILES string of the molecule is NC(=O)Cc1ncc(Cl)c(C(=O)O)n1. The number of halogens is 1. The summed E-state index contributed by atoms with van der Waals surface area (Å²) in [6.45, 7) is 0. The van der Waals surface area contributed by atoms with Gasteiger partial charge in [0.15, 0.2) is 5.69 Å². The highest BCUT2D eigenvalue weighted by Gasteiger charge is 2.13. The van der Waals surface area contributed by atoms with Crippen LogP contribution in [0.15, 0.2) is 6.20 Å². The van der Waals surface area contributed by atoms with E-state index in [2.05, 4.69) is 9.97 Å². The molecule has 0 fully saturated rings. The van der Waals surface area contributed by atoms with E-state index in [4.69, 9.17) is 22.4 Å². The number of carbonyl (C=O) groups excluding carboxylic acids is 1. The summed E-state index contributed by atoms with van der Waals surface area (Å²) in [7, 11) is 0. The van der Waals surface area contributed by atoms with Crippen LogP contribution in [-0.4, -0.2) is 27.0 Å². The van der Waals surface area contributed by atoms with Crippen molar-refractivity contribution in [2.45, 2.75) is 6.42 Å². The number of carboxylic acids is 1. The number of nitrogens with two attached hydrogens (primary N) is 1. The van der Waals surface area contributed by atoms with E-state index in [9.17, 15) is 9.59 Å². The first-order valence-electron chi connectivity index (χ1n) is 3.53. The Labute approximate surface area is 83.7 Å². The van der Waals surface area contributed by atoms with Crippen LogP contribution in [-0.2, 0) is 11.2 Å². The minimum absolute atomic E-state index is 0.0410. The Bertz CT molecular complexity index is 394. The maximum absolute atomic E-state index is 10.6. The summed E-state index contributed by atoms with van der Waals surface area (Å²) in [5, 5.41) is 8.56. The van der Waals surface area contributed by atoms with Gasteiger partial charge in [0.05, 0.1) is 17.6 Å². The number of aromatic carboxylic acids is 1. The van der Waals surface area contributed by atoms with Crippen LogP contribution in [0.4, 0.5) is 0 Å². The molecule has 0 atom stereocenters. The molecule has 0 aliphatic rings. The molecule has 1 amide bonds. The molecule has 0 saturated carbocycles. The zero-order valence-electron chi connectivity index (χ0n) is 6.90. The van der Waals surface area contributed by atoms with E-state index in [1.54, 1.807) is 0 Å². The van der Waals surface area contributed by atoms with Gasteiger partial charge in [0.1, 0.15) is 5.82 Å². The van der Waals surface area contributed by atoms with Crippen LogP contribution < -0.4 is 5.73 Å². The molecule has 0 radical (unpaired) electrons. The highest BCUT2D eigenvalue weighted by atomic mass is 35.5. The van der Waals surface area contributed by atoms with Crippen molar-refractivity contribution in [1.29, 1.82) is 0 Å². The van der Waals surface area contributed by atoms with Gasteiger partial charge in [0, 0.05) is 0 Å². The summed E-state index contributed by atoms with van der Waals surface area (Å²) < 4.78 is 0. The molecule has 1 aromatic rings. The number of carbonyl (C=O) groups is 2. The second kappa shape index (κ2) is 4.01. The molecule has 0 aromatic carbocycles. The second-order valence-electron chi connectivity index (χ2n) is 2.43. The van der Waals surface area contributed by atoms with Gasteiger partial charge in [-0.25, -0.2) is 14.8 Å². The van der Waals surface area contributed by atoms with Crippen LogP contribution in [0.5, 0.6) is 0 Å². The Morgan fingerprint density at radius 3 is 2.71 bits per heavy atom. The van der Waals surface area contributed by atoms with Gasteiger partial charge in [0.2, 0.25) is 5.91 Å². The lowest BCUT2D eigenvalue weighted by Gasteiger charge is -1.99. The summed E-state index contributed by atoms with van der Waals surface area (Å²) in [5.74, 6) is -1.87. The fourth-order valence-corrected chi connectivity index (χ4v) is 0.967. The van der Waals surface area contributed by atoms with Crippen LogP contribution in [0.2, 0.25) is 5.02 Å². The largest absolute Gasteiger partial charge is 0.476 e. The Morgan fingerprint density at radius 1 is 1.57 bits per heavy atom. The Kier molecular flexibility index (Phi) is 2.98. The summed E-state index contributed by atoms with van der Waals surface area (Å²) in [5.41, 5.74) is 4.55. The lowest BCUT2D eigenvalue weighted by Crippen LogP contribution is -2.17. The van der Waals surface area contributed by atoms with Crippen LogP contribution in [0.3, 0.4) is 0 Å². The summed E-state index contributed by atoms with van der Waals surface area (Å²) in [6, 6.07) is 0. The fraction of sp³-hybridized carbons (Fsp3) is 0.143. The number of nitrogens with zero attached hydrogens (tertiary/aromatic N) is 2. The summed E-state index contributed by atoms with van der Waals surface area (Å²) >= 11 is 5.51. The highest BCUT2D eigenvalue weighted by molar-refractivity contribution is 6.33. The third kappa shape index (κ3) is 2.40. The van der Waals surface area contributed by atoms with Gasteiger partial charge in [-0.15, -0.1) is 0 Å². The standard InChI is InChI=1S/C7H6ClN3O3/c8-3-2-10-5(1-4(9)12)11-6(3)7(13)14/h2H,1H2,(H2,9,12)(H,13,14). The van der Waals surface area contributed by atoms with E-state index in [1.807, 2.05) is 0 Å². The molecule has 74 valence electrons. The Morgan fingerprint density at radius 2 is 2.21 bits per heavy atom. The Balaban J connectivity index is 3.06. The molecule has 0 spiro atoms. The number of hydrogen-bond acceptors (Lipinski definition) is 4. The maximum Gasteiger partial charge on any atom is 0.356 e. The first-order chi connectivity index (χ1) is 6.50. The fourth-order valence-electron chi connectivity index (χ4n) is 0.795. The van der Waals surface area contributed by atoms with E-state index in [0.29, 0.717) is 0 Å². The lowest BCUT2D eigenvalue weighted by molar-refractivity contribution is -0.117. The average molecular weight is 216 g/mol. The number of aromatic nitrogens is 2. The molecular formula is C7H6ClN3O3. The van der Waals surface area contributed by atoms with E-state index < -0.39 is 11.9 Å². The average Bonchev–Trinajstić information content (AvgIpc) is 2.07. The predicted molar refractivity (Wildman–Crippen MR) is 46.9 cm³/mol. The molecule has 0 aliphatic carbocycles. The van der Waals surface area contributed by atoms with E-state index >= 15 is 0 Å². The summed E-state index contributed by atoms with van der Waals surface area (Å²) in [6.07, 6.45) is 0.910. The van der Waals surface area contributed by atoms with E-state index in [0.717, 1.165) is 6.20 Å². The van der Waals surface area contributed by atoms with Gasteiger partial charge >= 0.3 is 5.97 Å². The molecule has 14 heavy (non-hydrogen) atoms. The third-order valence-corrected chi connectivity index (χ3v) is 1.61. The highest BCUT2D eigenvalue weighted by Crippen LogP contribution is 2.11. The zero-order valence-corrected chi connectivity index (χ0v) is 7.65. The van der Waals surface area contributed by atoms with E-state index in [-0.39, 0.29) is 23.0 Å². The van der Waals surface area contributed by atoms with Gasteiger partial charge in [-0.05, 0) is 0 Å². The number of hydrogen-bond donors (Lipinski definition) is 2. The first-order valence-corrected chi connectivity index (χ1v) is 3.91. The van der Waals surface area contributed by atoms with Crippen molar-refractivity contribution in [1.82, 2.24) is 9.97 Å². The zero-order chi connectivity index (χ0) is 10.7. The molecule has 0 saturated heterocycles. The summed E-state index contributed by atoms with van der Waals surface area (Å²) in [4.78, 5) is 28.3. The van der Waals surface area contributed by atoms with Crippen molar-refractivity contribution in [2.75, 3.05) is 0 Å². The molecule has 0 unspecified atom stereocenters. The molecule has 1 rings (SSSR count). The van der Waals surface area contributed by atoms with Gasteiger partial charge in [0.25, 0.3) is 0 Å². The number of carboxylic acid groups (broad SMARTS) is 1. The molecule has 1 heterocycles. The molecule has 6 nitrogen and oxygen atoms in total. The normalized spacial score (nSPS) is 9.79. The van der Waals surface area contributed by atoms with Crippen molar-refractivity contribution >= 4 is 23.5 Å². The quantitative estimate of drug-likeness (QED) is 0.730. The minimum atomic E-state index is -1.27.